The number of halogens is 1. The van der Waals surface area contributed by atoms with Crippen LogP contribution in [0.1, 0.15) is 63.0 Å². The molecule has 0 bridgehead atoms. The van der Waals surface area contributed by atoms with Crippen molar-refractivity contribution < 1.29 is 13.7 Å². The van der Waals surface area contributed by atoms with Gasteiger partial charge in [0.05, 0.1) is 6.04 Å². The molecule has 0 unspecified atom stereocenters. The van der Waals surface area contributed by atoms with Crippen LogP contribution in [0.3, 0.4) is 0 Å². The quantitative estimate of drug-likeness (QED) is 0.831. The Morgan fingerprint density at radius 2 is 1.83 bits per heavy atom. The number of ether oxygens (including phenoxy) is 1. The number of hydrogen-bond acceptors (Lipinski definition) is 5. The lowest BCUT2D eigenvalue weighted by Gasteiger charge is -2.30. The molecule has 0 saturated carbocycles. The molecule has 6 heteroatoms. The van der Waals surface area contributed by atoms with Gasteiger partial charge in [-0.1, -0.05) is 17.3 Å². The molecule has 0 amide bonds. The number of rotatable bonds is 5. The van der Waals surface area contributed by atoms with Crippen molar-refractivity contribution in [3.63, 3.8) is 0 Å². The highest BCUT2D eigenvalue weighted by Gasteiger charge is 2.34. The molecule has 0 aliphatic carbocycles. The van der Waals surface area contributed by atoms with Gasteiger partial charge < -0.3 is 9.26 Å². The first-order chi connectivity index (χ1) is 11.5. The summed E-state index contributed by atoms with van der Waals surface area (Å²) in [6, 6.07) is 7.21. The fourth-order valence-corrected chi connectivity index (χ4v) is 3.66. The highest BCUT2D eigenvalue weighted by atomic mass is 19.1. The van der Waals surface area contributed by atoms with Crippen molar-refractivity contribution in [1.82, 2.24) is 15.0 Å². The summed E-state index contributed by atoms with van der Waals surface area (Å²) in [6.07, 6.45) is 1.90. The predicted octanol–water partition coefficient (Wildman–Crippen LogP) is 3.88. The van der Waals surface area contributed by atoms with Crippen molar-refractivity contribution in [3.05, 3.63) is 47.4 Å². The summed E-state index contributed by atoms with van der Waals surface area (Å²) in [7, 11) is 1.58. The summed E-state index contributed by atoms with van der Waals surface area (Å²) in [5.74, 6) is 0.772. The molecule has 0 radical (unpaired) electrons. The van der Waals surface area contributed by atoms with Gasteiger partial charge in [-0.15, -0.1) is 0 Å². The Hall–Kier alpha value is -1.79. The maximum Gasteiger partial charge on any atom is 0.243 e. The molecule has 1 aromatic heterocycles. The lowest BCUT2D eigenvalue weighted by molar-refractivity contribution is 0.124. The zero-order valence-corrected chi connectivity index (χ0v) is 14.6. The summed E-state index contributed by atoms with van der Waals surface area (Å²) in [4.78, 5) is 6.97. The monoisotopic (exact) mass is 333 g/mol. The van der Waals surface area contributed by atoms with E-state index in [1.54, 1.807) is 19.2 Å². The van der Waals surface area contributed by atoms with Crippen LogP contribution in [-0.4, -0.2) is 34.2 Å². The van der Waals surface area contributed by atoms with Gasteiger partial charge in [0.25, 0.3) is 0 Å². The zero-order chi connectivity index (χ0) is 17.3. The van der Waals surface area contributed by atoms with Crippen molar-refractivity contribution in [2.45, 2.75) is 57.8 Å². The number of nitrogens with zero attached hydrogens (tertiary/aromatic N) is 3. The van der Waals surface area contributed by atoms with Gasteiger partial charge in [-0.25, -0.2) is 4.39 Å². The molecular weight excluding hydrogens is 309 g/mol. The van der Waals surface area contributed by atoms with E-state index in [0.29, 0.717) is 23.8 Å². The third-order valence-electron chi connectivity index (χ3n) is 4.93. The Labute approximate surface area is 141 Å². The molecule has 130 valence electrons. The van der Waals surface area contributed by atoms with E-state index in [-0.39, 0.29) is 11.9 Å². The average molecular weight is 333 g/mol. The summed E-state index contributed by atoms with van der Waals surface area (Å²) >= 11 is 0. The molecule has 4 atom stereocenters. The number of aromatic nitrogens is 2. The van der Waals surface area contributed by atoms with E-state index in [0.717, 1.165) is 5.56 Å². The average Bonchev–Trinajstić information content (AvgIpc) is 3.17. The van der Waals surface area contributed by atoms with Gasteiger partial charge in [-0.05, 0) is 51.3 Å². The fourth-order valence-electron chi connectivity index (χ4n) is 3.66. The molecule has 0 N–H and O–H groups in total. The van der Waals surface area contributed by atoms with E-state index >= 15 is 0 Å². The largest absolute Gasteiger partial charge is 0.369 e. The molecule has 5 nitrogen and oxygen atoms in total. The van der Waals surface area contributed by atoms with E-state index in [4.69, 9.17) is 9.26 Å². The number of likely N-dealkylation sites (tertiary alicyclic amines) is 1. The first-order valence-corrected chi connectivity index (χ1v) is 8.40. The van der Waals surface area contributed by atoms with Gasteiger partial charge in [0.2, 0.25) is 11.7 Å². The number of hydrogen-bond donors (Lipinski definition) is 0. The second-order valence-corrected chi connectivity index (χ2v) is 6.56. The smallest absolute Gasteiger partial charge is 0.243 e. The van der Waals surface area contributed by atoms with Crippen LogP contribution in [-0.2, 0) is 4.74 Å². The van der Waals surface area contributed by atoms with Crippen LogP contribution < -0.4 is 0 Å². The summed E-state index contributed by atoms with van der Waals surface area (Å²) in [5.41, 5.74) is 0.793. The van der Waals surface area contributed by atoms with Crippen LogP contribution in [0.5, 0.6) is 0 Å². The van der Waals surface area contributed by atoms with Gasteiger partial charge in [0.15, 0.2) is 0 Å². The van der Waals surface area contributed by atoms with Gasteiger partial charge >= 0.3 is 0 Å². The van der Waals surface area contributed by atoms with Crippen LogP contribution in [0, 0.1) is 5.82 Å². The van der Waals surface area contributed by atoms with E-state index < -0.39 is 6.10 Å². The number of methoxy groups -OCH3 is 1. The van der Waals surface area contributed by atoms with Gasteiger partial charge in [-0.3, -0.25) is 4.90 Å². The van der Waals surface area contributed by atoms with Gasteiger partial charge in [-0.2, -0.15) is 4.98 Å². The van der Waals surface area contributed by atoms with Crippen molar-refractivity contribution in [2.24, 2.45) is 0 Å². The van der Waals surface area contributed by atoms with Gasteiger partial charge in [0, 0.05) is 19.2 Å². The van der Waals surface area contributed by atoms with Crippen molar-refractivity contribution >= 4 is 0 Å². The van der Waals surface area contributed by atoms with E-state index in [1.807, 2.05) is 0 Å². The Kier molecular flexibility index (Phi) is 4.96. The Morgan fingerprint density at radius 3 is 2.42 bits per heavy atom. The topological polar surface area (TPSA) is 51.4 Å². The minimum Gasteiger partial charge on any atom is -0.369 e. The molecule has 1 saturated heterocycles. The van der Waals surface area contributed by atoms with Crippen molar-refractivity contribution in [3.8, 4) is 0 Å². The van der Waals surface area contributed by atoms with Crippen LogP contribution >= 0.6 is 0 Å². The number of benzene rings is 1. The lowest BCUT2D eigenvalue weighted by Crippen LogP contribution is -2.35. The van der Waals surface area contributed by atoms with Gasteiger partial charge in [0.1, 0.15) is 11.9 Å². The molecule has 1 aliphatic rings. The highest BCUT2D eigenvalue weighted by Crippen LogP contribution is 2.33. The molecule has 1 aromatic carbocycles. The maximum atomic E-state index is 13.1. The molecule has 24 heavy (non-hydrogen) atoms. The van der Waals surface area contributed by atoms with Crippen molar-refractivity contribution in [2.75, 3.05) is 7.11 Å². The molecule has 1 fully saturated rings. The van der Waals surface area contributed by atoms with Crippen molar-refractivity contribution in [1.29, 1.82) is 0 Å². The molecule has 1 aliphatic heterocycles. The molecule has 3 rings (SSSR count). The van der Waals surface area contributed by atoms with Crippen LogP contribution in [0.2, 0.25) is 0 Å². The fraction of sp³-hybridized carbons (Fsp3) is 0.556. The normalized spacial score (nSPS) is 24.2. The summed E-state index contributed by atoms with van der Waals surface area (Å²) < 4.78 is 24.1. The van der Waals surface area contributed by atoms with Crippen LogP contribution in [0.4, 0.5) is 4.39 Å². The summed E-state index contributed by atoms with van der Waals surface area (Å²) in [6.45, 7) is 6.55. The standard InChI is InChI=1S/C18H24FN3O2/c1-11-5-6-12(2)22(11)13(3)18-20-17(21-24-18)16(23-4)14-7-9-15(19)10-8-14/h7-13,16H,5-6H2,1-4H3/t11-,12+,13-,16-/m1/s1. The first-order valence-electron chi connectivity index (χ1n) is 8.40. The Balaban J connectivity index is 1.82. The van der Waals surface area contributed by atoms with Crippen LogP contribution in [0.25, 0.3) is 0 Å². The minimum atomic E-state index is -0.469. The van der Waals surface area contributed by atoms with E-state index in [2.05, 4.69) is 35.8 Å². The zero-order valence-electron chi connectivity index (χ0n) is 14.6. The Bertz CT molecular complexity index is 663. The highest BCUT2D eigenvalue weighted by molar-refractivity contribution is 5.23. The Morgan fingerprint density at radius 1 is 1.21 bits per heavy atom. The second-order valence-electron chi connectivity index (χ2n) is 6.56. The van der Waals surface area contributed by atoms with E-state index in [9.17, 15) is 4.39 Å². The molecule has 0 spiro atoms. The lowest BCUT2D eigenvalue weighted by atomic mass is 10.1. The molecule has 2 aromatic rings. The predicted molar refractivity (Wildman–Crippen MR) is 88.0 cm³/mol. The SMILES string of the molecule is CO[C@H](c1ccc(F)cc1)c1noc([C@@H](C)N2[C@H](C)CC[C@@H]2C)n1. The summed E-state index contributed by atoms with van der Waals surface area (Å²) in [5, 5.41) is 4.10. The second kappa shape index (κ2) is 6.99. The van der Waals surface area contributed by atoms with E-state index in [1.165, 1.54) is 25.0 Å². The third-order valence-corrected chi connectivity index (χ3v) is 4.93. The maximum absolute atomic E-state index is 13.1. The first kappa shape index (κ1) is 17.0. The third kappa shape index (κ3) is 3.21. The molecule has 2 heterocycles. The molecular formula is C18H24FN3O2. The van der Waals surface area contributed by atoms with Crippen LogP contribution in [0.15, 0.2) is 28.8 Å². The minimum absolute atomic E-state index is 0.0597.